The number of hydrogen-bond acceptors (Lipinski definition) is 3. The zero-order valence-corrected chi connectivity index (χ0v) is 12.9. The van der Waals surface area contributed by atoms with Crippen LogP contribution in [0.2, 0.25) is 0 Å². The summed E-state index contributed by atoms with van der Waals surface area (Å²) in [6, 6.07) is 1.05. The Balaban J connectivity index is 1.76. The Morgan fingerprint density at radius 3 is 2.45 bits per heavy atom. The van der Waals surface area contributed by atoms with E-state index in [9.17, 15) is 0 Å². The minimum Gasteiger partial charge on any atom is -0.353 e. The van der Waals surface area contributed by atoms with Crippen LogP contribution >= 0.6 is 0 Å². The lowest BCUT2D eigenvalue weighted by Gasteiger charge is -2.31. The fourth-order valence-corrected chi connectivity index (χ4v) is 3.27. The first kappa shape index (κ1) is 15.6. The van der Waals surface area contributed by atoms with Crippen molar-refractivity contribution < 1.29 is 0 Å². The van der Waals surface area contributed by atoms with E-state index in [-0.39, 0.29) is 0 Å². The summed E-state index contributed by atoms with van der Waals surface area (Å²) in [6.45, 7) is 5.53. The molecule has 1 aliphatic carbocycles. The molecule has 1 aliphatic heterocycles. The Bertz CT molecular complexity index is 293. The van der Waals surface area contributed by atoms with Crippen LogP contribution in [0.1, 0.15) is 58.3 Å². The van der Waals surface area contributed by atoms with Crippen molar-refractivity contribution in [2.45, 2.75) is 70.4 Å². The quantitative estimate of drug-likeness (QED) is 0.317. The van der Waals surface area contributed by atoms with E-state index >= 15 is 0 Å². The molecule has 0 aromatic rings. The van der Waals surface area contributed by atoms with E-state index in [1.807, 2.05) is 0 Å². The van der Waals surface area contributed by atoms with Crippen molar-refractivity contribution in [3.8, 4) is 0 Å². The molecule has 0 radical (unpaired) electrons. The van der Waals surface area contributed by atoms with E-state index in [1.54, 1.807) is 0 Å². The number of hydrogen-bond donors (Lipinski definition) is 3. The Hall–Kier alpha value is -0.810. The number of aliphatic imine (C=N–C) groups is 1. The van der Waals surface area contributed by atoms with Gasteiger partial charge in [0.1, 0.15) is 0 Å². The maximum Gasteiger partial charge on any atom is 0.206 e. The molecule has 1 unspecified atom stereocenters. The second kappa shape index (κ2) is 8.47. The lowest BCUT2D eigenvalue weighted by Crippen LogP contribution is -2.48. The Labute approximate surface area is 123 Å². The van der Waals surface area contributed by atoms with Crippen LogP contribution < -0.4 is 16.6 Å². The molecule has 0 spiro atoms. The van der Waals surface area contributed by atoms with Crippen molar-refractivity contribution in [1.29, 1.82) is 0 Å². The zero-order chi connectivity index (χ0) is 14.2. The summed E-state index contributed by atoms with van der Waals surface area (Å²) < 4.78 is 0. The highest BCUT2D eigenvalue weighted by atomic mass is 15.3. The van der Waals surface area contributed by atoms with Gasteiger partial charge >= 0.3 is 0 Å². The second-order valence-electron chi connectivity index (χ2n) is 6.26. The molecule has 1 atom stereocenters. The standard InChI is InChI=1S/C15H31N5/c1-13(20-10-6-3-7-11-20)12-17-15(19-16)18-14-8-4-2-5-9-14/h13-14H,2-12,16H2,1H3,(H2,17,18,19). The van der Waals surface area contributed by atoms with Gasteiger partial charge in [0.25, 0.3) is 0 Å². The normalized spacial score (nSPS) is 24.4. The number of nitrogens with zero attached hydrogens (tertiary/aromatic N) is 2. The highest BCUT2D eigenvalue weighted by Crippen LogP contribution is 2.17. The first-order chi connectivity index (χ1) is 9.79. The number of nitrogens with two attached hydrogens (primary N) is 1. The average molecular weight is 281 g/mol. The number of hydrazine groups is 1. The van der Waals surface area contributed by atoms with Gasteiger partial charge in [0.2, 0.25) is 5.96 Å². The summed E-state index contributed by atoms with van der Waals surface area (Å²) in [7, 11) is 0. The summed E-state index contributed by atoms with van der Waals surface area (Å²) in [5, 5.41) is 3.46. The molecular formula is C15H31N5. The molecule has 2 aliphatic rings. The third-order valence-corrected chi connectivity index (χ3v) is 4.61. The molecule has 1 saturated carbocycles. The van der Waals surface area contributed by atoms with Crippen LogP contribution in [0.4, 0.5) is 0 Å². The lowest BCUT2D eigenvalue weighted by atomic mass is 9.96. The van der Waals surface area contributed by atoms with Crippen molar-refractivity contribution in [3.63, 3.8) is 0 Å². The maximum atomic E-state index is 5.60. The molecule has 0 bridgehead atoms. The van der Waals surface area contributed by atoms with Crippen LogP contribution in [0, 0.1) is 0 Å². The number of piperidine rings is 1. The highest BCUT2D eigenvalue weighted by Gasteiger charge is 2.17. The smallest absolute Gasteiger partial charge is 0.206 e. The number of nitrogens with one attached hydrogen (secondary N) is 2. The monoisotopic (exact) mass is 281 g/mol. The van der Waals surface area contributed by atoms with Gasteiger partial charge in [-0.15, -0.1) is 0 Å². The minimum absolute atomic E-state index is 0.506. The SMILES string of the molecule is CC(CN=C(NN)NC1CCCCC1)N1CCCCC1. The summed E-state index contributed by atoms with van der Waals surface area (Å²) >= 11 is 0. The minimum atomic E-state index is 0.506. The van der Waals surface area contributed by atoms with Crippen molar-refractivity contribution >= 4 is 5.96 Å². The largest absolute Gasteiger partial charge is 0.353 e. The molecule has 1 saturated heterocycles. The molecule has 2 rings (SSSR count). The van der Waals surface area contributed by atoms with Crippen LogP contribution in [-0.2, 0) is 0 Å². The van der Waals surface area contributed by atoms with Gasteiger partial charge in [-0.1, -0.05) is 25.7 Å². The Kier molecular flexibility index (Phi) is 6.60. The van der Waals surface area contributed by atoms with Gasteiger partial charge in [0, 0.05) is 12.1 Å². The van der Waals surface area contributed by atoms with Crippen molar-refractivity contribution in [2.24, 2.45) is 10.8 Å². The van der Waals surface area contributed by atoms with Crippen LogP contribution in [-0.4, -0.2) is 42.6 Å². The van der Waals surface area contributed by atoms with Gasteiger partial charge in [-0.3, -0.25) is 15.3 Å². The second-order valence-corrected chi connectivity index (χ2v) is 6.26. The van der Waals surface area contributed by atoms with E-state index in [4.69, 9.17) is 5.84 Å². The molecule has 2 fully saturated rings. The summed E-state index contributed by atoms with van der Waals surface area (Å²) in [6.07, 6.45) is 10.5. The zero-order valence-electron chi connectivity index (χ0n) is 12.9. The molecular weight excluding hydrogens is 250 g/mol. The fourth-order valence-electron chi connectivity index (χ4n) is 3.27. The van der Waals surface area contributed by atoms with Crippen molar-refractivity contribution in [2.75, 3.05) is 19.6 Å². The third-order valence-electron chi connectivity index (χ3n) is 4.61. The number of guanidine groups is 1. The maximum absolute atomic E-state index is 5.60. The van der Waals surface area contributed by atoms with Crippen LogP contribution in [0.3, 0.4) is 0 Å². The van der Waals surface area contributed by atoms with Crippen LogP contribution in [0.5, 0.6) is 0 Å². The molecule has 4 N–H and O–H groups in total. The topological polar surface area (TPSA) is 65.7 Å². The molecule has 20 heavy (non-hydrogen) atoms. The Morgan fingerprint density at radius 1 is 1.15 bits per heavy atom. The van der Waals surface area contributed by atoms with E-state index in [0.717, 1.165) is 12.5 Å². The molecule has 1 heterocycles. The van der Waals surface area contributed by atoms with E-state index < -0.39 is 0 Å². The molecule has 0 aromatic heterocycles. The number of rotatable bonds is 4. The van der Waals surface area contributed by atoms with Gasteiger partial charge in [-0.2, -0.15) is 0 Å². The third kappa shape index (κ3) is 4.94. The summed E-state index contributed by atoms with van der Waals surface area (Å²) in [4.78, 5) is 7.18. The summed E-state index contributed by atoms with van der Waals surface area (Å²) in [5.41, 5.74) is 2.73. The van der Waals surface area contributed by atoms with Crippen LogP contribution in [0.15, 0.2) is 4.99 Å². The van der Waals surface area contributed by atoms with Gasteiger partial charge in [0.05, 0.1) is 6.54 Å². The predicted octanol–water partition coefficient (Wildman–Crippen LogP) is 1.60. The lowest BCUT2D eigenvalue weighted by molar-refractivity contribution is 0.178. The number of likely N-dealkylation sites (tertiary alicyclic amines) is 1. The van der Waals surface area contributed by atoms with Gasteiger partial charge in [-0.25, -0.2) is 5.84 Å². The predicted molar refractivity (Wildman–Crippen MR) is 84.5 cm³/mol. The molecule has 0 aromatic carbocycles. The van der Waals surface area contributed by atoms with Crippen molar-refractivity contribution in [1.82, 2.24) is 15.6 Å². The van der Waals surface area contributed by atoms with Gasteiger partial charge in [-0.05, 0) is 45.7 Å². The first-order valence-corrected chi connectivity index (χ1v) is 8.31. The Morgan fingerprint density at radius 2 is 1.80 bits per heavy atom. The molecule has 116 valence electrons. The highest BCUT2D eigenvalue weighted by molar-refractivity contribution is 5.79. The van der Waals surface area contributed by atoms with Gasteiger partial charge in [0.15, 0.2) is 0 Å². The molecule has 5 nitrogen and oxygen atoms in total. The van der Waals surface area contributed by atoms with Crippen molar-refractivity contribution in [3.05, 3.63) is 0 Å². The van der Waals surface area contributed by atoms with E-state index in [2.05, 4.69) is 27.6 Å². The fraction of sp³-hybridized carbons (Fsp3) is 0.933. The molecule has 5 heteroatoms. The van der Waals surface area contributed by atoms with E-state index in [0.29, 0.717) is 12.1 Å². The first-order valence-electron chi connectivity index (χ1n) is 8.31. The van der Waals surface area contributed by atoms with Gasteiger partial charge < -0.3 is 5.32 Å². The molecule has 0 amide bonds. The average Bonchev–Trinajstić information content (AvgIpc) is 2.53. The van der Waals surface area contributed by atoms with E-state index in [1.165, 1.54) is 64.5 Å². The van der Waals surface area contributed by atoms with Crippen LogP contribution in [0.25, 0.3) is 0 Å². The summed E-state index contributed by atoms with van der Waals surface area (Å²) in [5.74, 6) is 6.36.